The molecule has 3 rings (SSSR count). The Kier molecular flexibility index (Phi) is 3.48. The first kappa shape index (κ1) is 13.2. The Morgan fingerprint density at radius 3 is 2.80 bits per heavy atom. The number of H-pyrrole nitrogens is 2. The summed E-state index contributed by atoms with van der Waals surface area (Å²) in [4.78, 5) is 27.7. The van der Waals surface area contributed by atoms with Crippen LogP contribution in [-0.2, 0) is 0 Å². The van der Waals surface area contributed by atoms with Gasteiger partial charge in [0.25, 0.3) is 5.56 Å². The molecule has 108 valence electrons. The topological polar surface area (TPSA) is 95.2 Å². The summed E-state index contributed by atoms with van der Waals surface area (Å²) in [6.07, 6.45) is 7.14. The van der Waals surface area contributed by atoms with Crippen LogP contribution in [0.5, 0.6) is 5.88 Å². The molecule has 0 radical (unpaired) electrons. The van der Waals surface area contributed by atoms with E-state index in [0.717, 1.165) is 24.3 Å². The number of unbranched alkanes of at least 4 members (excludes halogenated alkanes) is 1. The highest BCUT2D eigenvalue weighted by molar-refractivity contribution is 5.70. The molecule has 6 heteroatoms. The molecule has 1 unspecified atom stereocenters. The fourth-order valence-corrected chi connectivity index (χ4v) is 2.62. The first-order chi connectivity index (χ1) is 9.63. The third-order valence-electron chi connectivity index (χ3n) is 3.82. The van der Waals surface area contributed by atoms with Gasteiger partial charge in [-0.1, -0.05) is 25.7 Å². The van der Waals surface area contributed by atoms with Gasteiger partial charge in [-0.2, -0.15) is 0 Å². The summed E-state index contributed by atoms with van der Waals surface area (Å²) in [5, 5.41) is 9.63. The highest BCUT2D eigenvalue weighted by Gasteiger charge is 2.24. The standard InChI is InChI=1S/C14H18N2O4/c17-10-7-9(4-2-1-3-8-5-6-8)11-12(18)15-14(19)16-13(11)20-10/h7-8,10,17H,1-6H2,(H2,15,16,18,19). The molecular formula is C14H18N2O4. The zero-order valence-electron chi connectivity index (χ0n) is 11.1. The van der Waals surface area contributed by atoms with Crippen molar-refractivity contribution in [2.45, 2.75) is 44.8 Å². The fraction of sp³-hybridized carbons (Fsp3) is 0.571. The molecule has 6 nitrogen and oxygen atoms in total. The molecule has 1 aromatic heterocycles. The summed E-state index contributed by atoms with van der Waals surface area (Å²) in [6, 6.07) is 0. The number of rotatable bonds is 5. The fourth-order valence-electron chi connectivity index (χ4n) is 2.62. The average Bonchev–Trinajstić information content (AvgIpc) is 3.17. The molecular weight excluding hydrogens is 260 g/mol. The van der Waals surface area contributed by atoms with Crippen LogP contribution in [0.1, 0.15) is 44.1 Å². The van der Waals surface area contributed by atoms with E-state index in [9.17, 15) is 14.7 Å². The van der Waals surface area contributed by atoms with Crippen LogP contribution in [0.3, 0.4) is 0 Å². The number of aliphatic hydroxyl groups is 1. The quantitative estimate of drug-likeness (QED) is 0.703. The maximum absolute atomic E-state index is 11.9. The minimum Gasteiger partial charge on any atom is -0.445 e. The summed E-state index contributed by atoms with van der Waals surface area (Å²) in [5.74, 6) is 0.960. The Hall–Kier alpha value is -1.82. The second kappa shape index (κ2) is 5.28. The van der Waals surface area contributed by atoms with Crippen LogP contribution in [0.15, 0.2) is 15.7 Å². The van der Waals surface area contributed by atoms with E-state index < -0.39 is 17.5 Å². The molecule has 1 aliphatic carbocycles. The number of hydrogen-bond acceptors (Lipinski definition) is 4. The normalized spacial score (nSPS) is 21.1. The second-order valence-electron chi connectivity index (χ2n) is 5.50. The molecule has 1 fully saturated rings. The van der Waals surface area contributed by atoms with Crippen molar-refractivity contribution in [2.75, 3.05) is 0 Å². The lowest BCUT2D eigenvalue weighted by atomic mass is 9.99. The van der Waals surface area contributed by atoms with E-state index in [0.29, 0.717) is 12.0 Å². The lowest BCUT2D eigenvalue weighted by Crippen LogP contribution is -2.31. The predicted octanol–water partition coefficient (Wildman–Crippen LogP) is 1.13. The van der Waals surface area contributed by atoms with Gasteiger partial charge in [-0.05, 0) is 30.4 Å². The molecule has 2 aliphatic rings. The number of ether oxygens (including phenoxy) is 1. The van der Waals surface area contributed by atoms with Crippen LogP contribution in [0.2, 0.25) is 0 Å². The molecule has 0 spiro atoms. The van der Waals surface area contributed by atoms with E-state index in [1.807, 2.05) is 0 Å². The summed E-state index contributed by atoms with van der Waals surface area (Å²) >= 11 is 0. The molecule has 1 aliphatic heterocycles. The lowest BCUT2D eigenvalue weighted by Gasteiger charge is -2.20. The van der Waals surface area contributed by atoms with Gasteiger partial charge in [0.05, 0.1) is 0 Å². The van der Waals surface area contributed by atoms with E-state index in [1.165, 1.54) is 25.3 Å². The van der Waals surface area contributed by atoms with Gasteiger partial charge in [0, 0.05) is 0 Å². The summed E-state index contributed by atoms with van der Waals surface area (Å²) in [7, 11) is 0. The largest absolute Gasteiger partial charge is 0.445 e. The van der Waals surface area contributed by atoms with Crippen molar-refractivity contribution >= 4 is 5.57 Å². The number of allylic oxidation sites excluding steroid dienone is 1. The third-order valence-corrected chi connectivity index (χ3v) is 3.82. The zero-order valence-corrected chi connectivity index (χ0v) is 11.1. The van der Waals surface area contributed by atoms with Gasteiger partial charge in [0.2, 0.25) is 12.2 Å². The Labute approximate surface area is 115 Å². The van der Waals surface area contributed by atoms with E-state index in [-0.39, 0.29) is 5.88 Å². The molecule has 2 heterocycles. The van der Waals surface area contributed by atoms with Crippen molar-refractivity contribution in [3.05, 3.63) is 32.5 Å². The first-order valence-electron chi connectivity index (χ1n) is 7.06. The number of aromatic nitrogens is 2. The van der Waals surface area contributed by atoms with Crippen molar-refractivity contribution in [2.24, 2.45) is 5.92 Å². The zero-order chi connectivity index (χ0) is 14.1. The van der Waals surface area contributed by atoms with Crippen molar-refractivity contribution in [3.63, 3.8) is 0 Å². The summed E-state index contributed by atoms with van der Waals surface area (Å²) in [6.45, 7) is 0. The second-order valence-corrected chi connectivity index (χ2v) is 5.50. The van der Waals surface area contributed by atoms with Gasteiger partial charge in [-0.15, -0.1) is 0 Å². The predicted molar refractivity (Wildman–Crippen MR) is 73.5 cm³/mol. The number of aliphatic hydroxyl groups excluding tert-OH is 1. The molecule has 0 saturated heterocycles. The van der Waals surface area contributed by atoms with Crippen LogP contribution >= 0.6 is 0 Å². The van der Waals surface area contributed by atoms with Crippen LogP contribution in [0.4, 0.5) is 0 Å². The SMILES string of the molecule is O=c1[nH]c2c(c(=O)[nH]1)C(CCCCC1CC1)=CC(O)O2. The lowest BCUT2D eigenvalue weighted by molar-refractivity contribution is 0.0181. The van der Waals surface area contributed by atoms with E-state index >= 15 is 0 Å². The summed E-state index contributed by atoms with van der Waals surface area (Å²) in [5.41, 5.74) is -0.0200. The van der Waals surface area contributed by atoms with Gasteiger partial charge < -0.3 is 9.84 Å². The minimum absolute atomic E-state index is 0.0611. The van der Waals surface area contributed by atoms with Gasteiger partial charge in [0.1, 0.15) is 5.56 Å². The first-order valence-corrected chi connectivity index (χ1v) is 7.06. The Balaban J connectivity index is 1.76. The van der Waals surface area contributed by atoms with Gasteiger partial charge >= 0.3 is 5.69 Å². The van der Waals surface area contributed by atoms with Crippen molar-refractivity contribution in [1.29, 1.82) is 0 Å². The molecule has 1 atom stereocenters. The van der Waals surface area contributed by atoms with Crippen molar-refractivity contribution in [3.8, 4) is 5.88 Å². The van der Waals surface area contributed by atoms with E-state index in [1.54, 1.807) is 0 Å². The number of nitrogens with one attached hydrogen (secondary N) is 2. The van der Waals surface area contributed by atoms with Crippen LogP contribution in [-0.4, -0.2) is 21.4 Å². The monoisotopic (exact) mass is 278 g/mol. The van der Waals surface area contributed by atoms with Crippen LogP contribution in [0.25, 0.3) is 5.57 Å². The number of aromatic amines is 2. The van der Waals surface area contributed by atoms with Crippen LogP contribution < -0.4 is 16.0 Å². The molecule has 1 saturated carbocycles. The maximum atomic E-state index is 11.9. The average molecular weight is 278 g/mol. The summed E-state index contributed by atoms with van der Waals surface area (Å²) < 4.78 is 5.08. The molecule has 0 amide bonds. The van der Waals surface area contributed by atoms with Crippen molar-refractivity contribution in [1.82, 2.24) is 9.97 Å². The minimum atomic E-state index is -1.11. The highest BCUT2D eigenvalue weighted by atomic mass is 16.6. The molecule has 0 bridgehead atoms. The Morgan fingerprint density at radius 1 is 1.25 bits per heavy atom. The van der Waals surface area contributed by atoms with Gasteiger partial charge in [-0.3, -0.25) is 14.8 Å². The van der Waals surface area contributed by atoms with Gasteiger partial charge in [0.15, 0.2) is 0 Å². The number of hydrogen-bond donors (Lipinski definition) is 3. The van der Waals surface area contributed by atoms with Crippen molar-refractivity contribution < 1.29 is 9.84 Å². The molecule has 3 N–H and O–H groups in total. The van der Waals surface area contributed by atoms with Crippen LogP contribution in [0, 0.1) is 5.92 Å². The van der Waals surface area contributed by atoms with Gasteiger partial charge in [-0.25, -0.2) is 4.79 Å². The Bertz CT molecular complexity index is 639. The van der Waals surface area contributed by atoms with E-state index in [2.05, 4.69) is 9.97 Å². The molecule has 20 heavy (non-hydrogen) atoms. The smallest absolute Gasteiger partial charge is 0.328 e. The van der Waals surface area contributed by atoms with E-state index in [4.69, 9.17) is 4.74 Å². The number of fused-ring (bicyclic) bond motifs is 1. The molecule has 1 aromatic rings. The highest BCUT2D eigenvalue weighted by Crippen LogP contribution is 2.35. The third kappa shape index (κ3) is 2.85. The maximum Gasteiger partial charge on any atom is 0.328 e. The Morgan fingerprint density at radius 2 is 2.05 bits per heavy atom. The molecule has 0 aromatic carbocycles.